The van der Waals surface area contributed by atoms with E-state index in [1.165, 1.54) is 0 Å². The van der Waals surface area contributed by atoms with Gasteiger partial charge in [0.05, 0.1) is 0 Å². The van der Waals surface area contributed by atoms with Gasteiger partial charge in [-0.15, -0.1) is 23.2 Å². The van der Waals surface area contributed by atoms with Crippen LogP contribution in [0.4, 0.5) is 0 Å². The average molecular weight is 196 g/mol. The molecule has 0 saturated heterocycles. The van der Waals surface area contributed by atoms with Crippen molar-refractivity contribution in [2.75, 3.05) is 0 Å². The first-order valence-electron chi connectivity index (χ1n) is 3.02. The lowest BCUT2D eigenvalue weighted by atomic mass is 10.3. The summed E-state index contributed by atoms with van der Waals surface area (Å²) in [5, 5.41) is 0. The Balaban J connectivity index is 3.87. The molecule has 0 saturated carbocycles. The molecule has 0 aromatic rings. The molecular weight excluding hydrogens is 187 g/mol. The van der Waals surface area contributed by atoms with Gasteiger partial charge < -0.3 is 4.74 Å². The van der Waals surface area contributed by atoms with E-state index in [1.54, 1.807) is 0 Å². The van der Waals surface area contributed by atoms with Crippen molar-refractivity contribution in [1.82, 2.24) is 0 Å². The van der Waals surface area contributed by atoms with Crippen LogP contribution in [0.3, 0.4) is 0 Å². The minimum Gasteiger partial charge on any atom is -0.456 e. The molecule has 0 aliphatic heterocycles. The van der Waals surface area contributed by atoms with Gasteiger partial charge >= 0.3 is 5.97 Å². The third-order valence-corrected chi connectivity index (χ3v) is 1.56. The highest BCUT2D eigenvalue weighted by Gasteiger charge is 2.17. The van der Waals surface area contributed by atoms with Gasteiger partial charge in [-0.25, -0.2) is 4.79 Å². The van der Waals surface area contributed by atoms with Gasteiger partial charge in [0.15, 0.2) is 0 Å². The first-order valence-corrected chi connectivity index (χ1v) is 3.89. The Morgan fingerprint density at radius 3 is 2.45 bits per heavy atom. The van der Waals surface area contributed by atoms with Gasteiger partial charge in [-0.1, -0.05) is 6.58 Å². The van der Waals surface area contributed by atoms with Crippen molar-refractivity contribution in [3.63, 3.8) is 0 Å². The number of esters is 1. The molecule has 0 spiro atoms. The van der Waals surface area contributed by atoms with E-state index in [4.69, 9.17) is 27.9 Å². The van der Waals surface area contributed by atoms with Crippen LogP contribution in [0, 0.1) is 6.92 Å². The lowest BCUT2D eigenvalue weighted by molar-refractivity contribution is -0.142. The largest absolute Gasteiger partial charge is 0.456 e. The molecule has 0 heterocycles. The Morgan fingerprint density at radius 2 is 2.18 bits per heavy atom. The van der Waals surface area contributed by atoms with Crippen LogP contribution in [0.5, 0.6) is 0 Å². The maximum absolute atomic E-state index is 10.6. The monoisotopic (exact) mass is 195 g/mol. The van der Waals surface area contributed by atoms with Gasteiger partial charge in [-0.2, -0.15) is 0 Å². The highest BCUT2D eigenvalue weighted by Crippen LogP contribution is 2.14. The van der Waals surface area contributed by atoms with Crippen molar-refractivity contribution < 1.29 is 9.53 Å². The molecule has 0 bridgehead atoms. The summed E-state index contributed by atoms with van der Waals surface area (Å²) < 4.78 is 4.73. The highest BCUT2D eigenvalue weighted by atomic mass is 35.5. The zero-order chi connectivity index (χ0) is 8.85. The van der Waals surface area contributed by atoms with Gasteiger partial charge in [-0.05, 0) is 13.3 Å². The van der Waals surface area contributed by atoms with Gasteiger partial charge in [0, 0.05) is 6.08 Å². The van der Waals surface area contributed by atoms with E-state index in [1.807, 2.05) is 0 Å². The summed E-state index contributed by atoms with van der Waals surface area (Å²) in [7, 11) is 0. The minimum absolute atomic E-state index is 0.344. The molecule has 0 rings (SSSR count). The van der Waals surface area contributed by atoms with Crippen LogP contribution in [0.15, 0.2) is 12.7 Å². The molecule has 0 aromatic carbocycles. The second-order valence-electron chi connectivity index (χ2n) is 1.80. The summed E-state index contributed by atoms with van der Waals surface area (Å²) in [6.07, 6.45) is 0.847. The Morgan fingerprint density at radius 1 is 1.64 bits per heavy atom. The van der Waals surface area contributed by atoms with Crippen molar-refractivity contribution in [1.29, 1.82) is 0 Å². The van der Waals surface area contributed by atoms with Gasteiger partial charge in [0.2, 0.25) is 0 Å². The van der Waals surface area contributed by atoms with Crippen LogP contribution in [-0.4, -0.2) is 16.9 Å². The Hall–Kier alpha value is -0.210. The van der Waals surface area contributed by atoms with Gasteiger partial charge in [0.25, 0.3) is 0 Å². The van der Waals surface area contributed by atoms with Gasteiger partial charge in [-0.3, -0.25) is 0 Å². The molecule has 0 aliphatic carbocycles. The number of halogens is 2. The zero-order valence-corrected chi connectivity index (χ0v) is 7.44. The van der Waals surface area contributed by atoms with E-state index in [2.05, 4.69) is 13.5 Å². The van der Waals surface area contributed by atoms with E-state index in [9.17, 15) is 4.79 Å². The molecule has 2 nitrogen and oxygen atoms in total. The fourth-order valence-electron chi connectivity index (χ4n) is 0.434. The van der Waals surface area contributed by atoms with E-state index >= 15 is 0 Å². The number of ether oxygens (including phenoxy) is 1. The predicted molar refractivity (Wildman–Crippen MR) is 45.5 cm³/mol. The predicted octanol–water partition coefficient (Wildman–Crippen LogP) is 2.11. The molecule has 1 atom stereocenters. The van der Waals surface area contributed by atoms with E-state index in [0.717, 1.165) is 6.08 Å². The van der Waals surface area contributed by atoms with Crippen LogP contribution in [0.2, 0.25) is 0 Å². The lowest BCUT2D eigenvalue weighted by Crippen LogP contribution is -2.22. The first-order chi connectivity index (χ1) is 5.11. The van der Waals surface area contributed by atoms with E-state index in [0.29, 0.717) is 6.42 Å². The summed E-state index contributed by atoms with van der Waals surface area (Å²) in [4.78, 5) is 9.86. The number of carbonyl (C=O) groups is 1. The zero-order valence-electron chi connectivity index (χ0n) is 5.93. The molecule has 0 N–H and O–H groups in total. The summed E-state index contributed by atoms with van der Waals surface area (Å²) in [6.45, 7) is 6.74. The topological polar surface area (TPSA) is 26.3 Å². The fraction of sp³-hybridized carbons (Fsp3) is 0.429. The van der Waals surface area contributed by atoms with Crippen molar-refractivity contribution in [3.05, 3.63) is 19.6 Å². The average Bonchev–Trinajstić information content (AvgIpc) is 1.99. The Labute approximate surface area is 76.1 Å². The molecular formula is C7H9Cl2O2. The van der Waals surface area contributed by atoms with Crippen LogP contribution in [-0.2, 0) is 9.53 Å². The van der Waals surface area contributed by atoms with Crippen molar-refractivity contribution in [3.8, 4) is 0 Å². The molecule has 0 fully saturated rings. The van der Waals surface area contributed by atoms with E-state index in [-0.39, 0.29) is 0 Å². The highest BCUT2D eigenvalue weighted by molar-refractivity contribution is 6.44. The molecule has 11 heavy (non-hydrogen) atoms. The van der Waals surface area contributed by atoms with Crippen LogP contribution < -0.4 is 0 Å². The summed E-state index contributed by atoms with van der Waals surface area (Å²) in [5.41, 5.74) is 0. The minimum atomic E-state index is -0.739. The quantitative estimate of drug-likeness (QED) is 0.391. The summed E-state index contributed by atoms with van der Waals surface area (Å²) in [5.74, 6) is -0.537. The molecule has 1 radical (unpaired) electrons. The molecule has 1 unspecified atom stereocenters. The smallest absolute Gasteiger partial charge is 0.330 e. The standard InChI is InChI=1S/C7H9Cl2O2/c1-3-5(7(8)9)11-6(10)4-2/h4-5,7H,1-3H2. The first kappa shape index (κ1) is 10.8. The maximum atomic E-state index is 10.6. The van der Waals surface area contributed by atoms with Crippen molar-refractivity contribution >= 4 is 29.2 Å². The third kappa shape index (κ3) is 4.27. The molecule has 0 aliphatic rings. The Kier molecular flexibility index (Phi) is 5.34. The summed E-state index contributed by atoms with van der Waals surface area (Å²) in [6, 6.07) is 0. The Bertz CT molecular complexity index is 145. The lowest BCUT2D eigenvalue weighted by Gasteiger charge is -2.14. The number of rotatable bonds is 4. The van der Waals surface area contributed by atoms with Crippen molar-refractivity contribution in [2.24, 2.45) is 0 Å². The molecule has 0 amide bonds. The van der Waals surface area contributed by atoms with Crippen LogP contribution in [0.25, 0.3) is 0 Å². The molecule has 4 heteroatoms. The molecule has 63 valence electrons. The van der Waals surface area contributed by atoms with Crippen molar-refractivity contribution in [2.45, 2.75) is 17.4 Å². The third-order valence-electron chi connectivity index (χ3n) is 1.000. The number of carbonyl (C=O) groups excluding carboxylic acids is 1. The number of hydrogen-bond acceptors (Lipinski definition) is 2. The fourth-order valence-corrected chi connectivity index (χ4v) is 0.789. The number of hydrogen-bond donors (Lipinski definition) is 0. The van der Waals surface area contributed by atoms with E-state index < -0.39 is 16.9 Å². The SMILES string of the molecule is [CH2]CC(OC(=O)C=C)C(Cl)Cl. The van der Waals surface area contributed by atoms with Crippen LogP contribution >= 0.6 is 23.2 Å². The normalized spacial score (nSPS) is 12.7. The maximum Gasteiger partial charge on any atom is 0.330 e. The molecule has 0 aromatic heterocycles. The van der Waals surface area contributed by atoms with Gasteiger partial charge in [0.1, 0.15) is 10.9 Å². The second kappa shape index (κ2) is 5.44. The second-order valence-corrected chi connectivity index (χ2v) is 2.97. The summed E-state index contributed by atoms with van der Waals surface area (Å²) >= 11 is 10.9. The van der Waals surface area contributed by atoms with Crippen LogP contribution in [0.1, 0.15) is 6.42 Å². The number of alkyl halides is 2.